The molecule has 1 N–H and O–H groups in total. The highest BCUT2D eigenvalue weighted by Gasteiger charge is 2.15. The topological polar surface area (TPSA) is 38.3 Å². The molecule has 0 heterocycles. The first-order chi connectivity index (χ1) is 9.95. The second-order valence-electron chi connectivity index (χ2n) is 4.33. The quantitative estimate of drug-likeness (QED) is 0.926. The van der Waals surface area contributed by atoms with Gasteiger partial charge in [-0.15, -0.1) is 0 Å². The molecule has 0 unspecified atom stereocenters. The standard InChI is InChI=1S/C15H12ClF2NO2/c1-9(21-12-5-2-10(16)3-6-12)15(20)19-11-4-7-13(17)14(18)8-11/h2-9H,1H3,(H,19,20)/t9-/m0/s1. The van der Waals surface area contributed by atoms with E-state index in [2.05, 4.69) is 5.32 Å². The van der Waals surface area contributed by atoms with Crippen LogP contribution in [0.2, 0.25) is 5.02 Å². The second-order valence-corrected chi connectivity index (χ2v) is 4.77. The Balaban J connectivity index is 1.98. The van der Waals surface area contributed by atoms with E-state index >= 15 is 0 Å². The number of rotatable bonds is 4. The minimum Gasteiger partial charge on any atom is -0.481 e. The Labute approximate surface area is 125 Å². The van der Waals surface area contributed by atoms with Gasteiger partial charge in [0.15, 0.2) is 17.7 Å². The van der Waals surface area contributed by atoms with Gasteiger partial charge in [-0.2, -0.15) is 0 Å². The normalized spacial score (nSPS) is 11.8. The van der Waals surface area contributed by atoms with Crippen molar-refractivity contribution in [3.63, 3.8) is 0 Å². The summed E-state index contributed by atoms with van der Waals surface area (Å²) in [6.45, 7) is 1.55. The van der Waals surface area contributed by atoms with E-state index in [0.717, 1.165) is 12.1 Å². The van der Waals surface area contributed by atoms with Crippen molar-refractivity contribution in [2.45, 2.75) is 13.0 Å². The van der Waals surface area contributed by atoms with Crippen molar-refractivity contribution in [3.8, 4) is 5.75 Å². The number of nitrogens with one attached hydrogen (secondary N) is 1. The van der Waals surface area contributed by atoms with Crippen molar-refractivity contribution in [2.75, 3.05) is 5.32 Å². The fourth-order valence-corrected chi connectivity index (χ4v) is 1.71. The van der Waals surface area contributed by atoms with Gasteiger partial charge >= 0.3 is 0 Å². The minimum atomic E-state index is -1.03. The minimum absolute atomic E-state index is 0.158. The third kappa shape index (κ3) is 4.16. The molecule has 0 radical (unpaired) electrons. The Morgan fingerprint density at radius 1 is 1.14 bits per heavy atom. The highest BCUT2D eigenvalue weighted by atomic mass is 35.5. The number of hydrogen-bond acceptors (Lipinski definition) is 2. The van der Waals surface area contributed by atoms with E-state index < -0.39 is 23.6 Å². The van der Waals surface area contributed by atoms with Crippen LogP contribution < -0.4 is 10.1 Å². The molecule has 0 fully saturated rings. The van der Waals surface area contributed by atoms with E-state index in [1.54, 1.807) is 31.2 Å². The van der Waals surface area contributed by atoms with Crippen LogP contribution in [0.25, 0.3) is 0 Å². The molecule has 3 nitrogen and oxygen atoms in total. The maximum Gasteiger partial charge on any atom is 0.265 e. The molecule has 6 heteroatoms. The third-order valence-corrected chi connectivity index (χ3v) is 2.93. The lowest BCUT2D eigenvalue weighted by atomic mass is 10.2. The van der Waals surface area contributed by atoms with Crippen molar-refractivity contribution in [3.05, 3.63) is 59.1 Å². The van der Waals surface area contributed by atoms with Gasteiger partial charge in [0.25, 0.3) is 5.91 Å². The van der Waals surface area contributed by atoms with E-state index in [1.165, 1.54) is 6.07 Å². The highest BCUT2D eigenvalue weighted by molar-refractivity contribution is 6.30. The molecule has 0 spiro atoms. The van der Waals surface area contributed by atoms with Gasteiger partial charge in [-0.1, -0.05) is 11.6 Å². The largest absolute Gasteiger partial charge is 0.481 e. The molecular weight excluding hydrogens is 300 g/mol. The molecule has 2 rings (SSSR count). The first-order valence-electron chi connectivity index (χ1n) is 6.14. The highest BCUT2D eigenvalue weighted by Crippen LogP contribution is 2.18. The number of halogens is 3. The van der Waals surface area contributed by atoms with Gasteiger partial charge in [0.1, 0.15) is 5.75 Å². The van der Waals surface area contributed by atoms with Crippen molar-refractivity contribution in [2.24, 2.45) is 0 Å². The Morgan fingerprint density at radius 3 is 2.43 bits per heavy atom. The fourth-order valence-electron chi connectivity index (χ4n) is 1.59. The van der Waals surface area contributed by atoms with Crippen LogP contribution in [-0.4, -0.2) is 12.0 Å². The van der Waals surface area contributed by atoms with Gasteiger partial charge in [0.05, 0.1) is 0 Å². The number of amides is 1. The van der Waals surface area contributed by atoms with Crippen LogP contribution >= 0.6 is 11.6 Å². The van der Waals surface area contributed by atoms with Crippen LogP contribution in [0.1, 0.15) is 6.92 Å². The van der Waals surface area contributed by atoms with E-state index in [1.807, 2.05) is 0 Å². The average Bonchev–Trinajstić information content (AvgIpc) is 2.45. The van der Waals surface area contributed by atoms with Crippen molar-refractivity contribution < 1.29 is 18.3 Å². The van der Waals surface area contributed by atoms with Gasteiger partial charge in [-0.3, -0.25) is 4.79 Å². The van der Waals surface area contributed by atoms with Gasteiger partial charge in [0, 0.05) is 16.8 Å². The van der Waals surface area contributed by atoms with Gasteiger partial charge in [-0.25, -0.2) is 8.78 Å². The monoisotopic (exact) mass is 311 g/mol. The van der Waals surface area contributed by atoms with Crippen LogP contribution in [0.15, 0.2) is 42.5 Å². The predicted octanol–water partition coefficient (Wildman–Crippen LogP) is 4.02. The van der Waals surface area contributed by atoms with Crippen LogP contribution in [0, 0.1) is 11.6 Å². The smallest absolute Gasteiger partial charge is 0.265 e. The second kappa shape index (κ2) is 6.54. The summed E-state index contributed by atoms with van der Waals surface area (Å²) in [4.78, 5) is 11.9. The summed E-state index contributed by atoms with van der Waals surface area (Å²) >= 11 is 5.74. The van der Waals surface area contributed by atoms with E-state index in [9.17, 15) is 13.6 Å². The molecule has 0 bridgehead atoms. The molecule has 1 atom stereocenters. The number of carbonyl (C=O) groups is 1. The maximum atomic E-state index is 13.0. The van der Waals surface area contributed by atoms with Crippen molar-refractivity contribution in [1.82, 2.24) is 0 Å². The molecule has 1 amide bonds. The number of carbonyl (C=O) groups excluding carboxylic acids is 1. The zero-order valence-electron chi connectivity index (χ0n) is 11.1. The Kier molecular flexibility index (Phi) is 4.75. The lowest BCUT2D eigenvalue weighted by Gasteiger charge is -2.14. The molecule has 0 aliphatic carbocycles. The SMILES string of the molecule is C[C@H](Oc1ccc(Cl)cc1)C(=O)Nc1ccc(F)c(F)c1. The van der Waals surface area contributed by atoms with E-state index in [-0.39, 0.29) is 5.69 Å². The van der Waals surface area contributed by atoms with Crippen molar-refractivity contribution in [1.29, 1.82) is 0 Å². The number of hydrogen-bond donors (Lipinski definition) is 1. The molecule has 0 aliphatic heterocycles. The van der Waals surface area contributed by atoms with Crippen LogP contribution in [0.4, 0.5) is 14.5 Å². The first kappa shape index (κ1) is 15.3. The molecular formula is C15H12ClF2NO2. The number of ether oxygens (including phenoxy) is 1. The Morgan fingerprint density at radius 2 is 1.81 bits per heavy atom. The summed E-state index contributed by atoms with van der Waals surface area (Å²) in [5.74, 6) is -2.00. The molecule has 110 valence electrons. The Bertz CT molecular complexity index is 647. The van der Waals surface area contributed by atoms with E-state index in [0.29, 0.717) is 10.8 Å². The summed E-state index contributed by atoms with van der Waals surface area (Å²) in [5, 5.41) is 3.00. The molecule has 0 saturated carbocycles. The molecule has 2 aromatic carbocycles. The number of anilines is 1. The van der Waals surface area contributed by atoms with E-state index in [4.69, 9.17) is 16.3 Å². The summed E-state index contributed by atoms with van der Waals surface area (Å²) in [6.07, 6.45) is -0.806. The zero-order valence-corrected chi connectivity index (χ0v) is 11.8. The molecule has 21 heavy (non-hydrogen) atoms. The average molecular weight is 312 g/mol. The first-order valence-corrected chi connectivity index (χ1v) is 6.51. The van der Waals surface area contributed by atoms with Crippen LogP contribution in [0.3, 0.4) is 0 Å². The van der Waals surface area contributed by atoms with Crippen molar-refractivity contribution >= 4 is 23.2 Å². The van der Waals surface area contributed by atoms with Gasteiger partial charge in [0.2, 0.25) is 0 Å². The lowest BCUT2D eigenvalue weighted by Crippen LogP contribution is -2.30. The number of benzene rings is 2. The summed E-state index contributed by atoms with van der Waals surface area (Å²) in [5.41, 5.74) is 0.158. The fraction of sp³-hybridized carbons (Fsp3) is 0.133. The lowest BCUT2D eigenvalue weighted by molar-refractivity contribution is -0.122. The Hall–Kier alpha value is -2.14. The molecule has 0 saturated heterocycles. The predicted molar refractivity (Wildman–Crippen MR) is 76.5 cm³/mol. The van der Waals surface area contributed by atoms with Gasteiger partial charge in [-0.05, 0) is 43.3 Å². The summed E-state index contributed by atoms with van der Waals surface area (Å²) in [7, 11) is 0. The van der Waals surface area contributed by atoms with Crippen LogP contribution in [-0.2, 0) is 4.79 Å². The summed E-state index contributed by atoms with van der Waals surface area (Å²) < 4.78 is 31.3. The van der Waals surface area contributed by atoms with Crippen LogP contribution in [0.5, 0.6) is 5.75 Å². The van der Waals surface area contributed by atoms with Gasteiger partial charge < -0.3 is 10.1 Å². The molecule has 0 aromatic heterocycles. The maximum absolute atomic E-state index is 13.0. The molecule has 2 aromatic rings. The third-order valence-electron chi connectivity index (χ3n) is 2.68. The zero-order chi connectivity index (χ0) is 15.4. The molecule has 0 aliphatic rings. The summed E-state index contributed by atoms with van der Waals surface area (Å²) in [6, 6.07) is 9.64.